The molecule has 2 amide bonds. The van der Waals surface area contributed by atoms with Crippen LogP contribution in [0.15, 0.2) is 42.6 Å². The van der Waals surface area contributed by atoms with Crippen molar-refractivity contribution in [2.75, 3.05) is 13.1 Å². The third-order valence-corrected chi connectivity index (χ3v) is 3.81. The van der Waals surface area contributed by atoms with E-state index in [1.807, 2.05) is 56.4 Å². The molecule has 2 aromatic rings. The van der Waals surface area contributed by atoms with E-state index in [-0.39, 0.29) is 36.7 Å². The zero-order valence-corrected chi connectivity index (χ0v) is 15.8. The summed E-state index contributed by atoms with van der Waals surface area (Å²) in [5, 5.41) is 9.78. The van der Waals surface area contributed by atoms with Crippen molar-refractivity contribution < 1.29 is 9.59 Å². The molecule has 2 rings (SSSR count). The molecular formula is C18H26ClN5O2. The predicted octanol–water partition coefficient (Wildman–Crippen LogP) is 1.05. The largest absolute Gasteiger partial charge is 0.354 e. The van der Waals surface area contributed by atoms with Gasteiger partial charge in [-0.15, -0.1) is 12.4 Å². The Hall–Kier alpha value is -2.38. The van der Waals surface area contributed by atoms with E-state index < -0.39 is 6.04 Å². The quantitative estimate of drug-likeness (QED) is 0.638. The summed E-state index contributed by atoms with van der Waals surface area (Å²) < 4.78 is 1.80. The summed E-state index contributed by atoms with van der Waals surface area (Å²) in [5.74, 6) is -0.527. The number of rotatable bonds is 8. The fourth-order valence-electron chi connectivity index (χ4n) is 2.20. The van der Waals surface area contributed by atoms with E-state index in [2.05, 4.69) is 15.7 Å². The van der Waals surface area contributed by atoms with Crippen molar-refractivity contribution in [1.29, 1.82) is 0 Å². The van der Waals surface area contributed by atoms with Gasteiger partial charge in [-0.2, -0.15) is 5.10 Å². The summed E-state index contributed by atoms with van der Waals surface area (Å²) in [6.45, 7) is 4.10. The van der Waals surface area contributed by atoms with Crippen molar-refractivity contribution in [2.24, 2.45) is 11.7 Å². The van der Waals surface area contributed by atoms with Crippen molar-refractivity contribution in [2.45, 2.75) is 26.3 Å². The normalized spacial score (nSPS) is 11.5. The second-order valence-corrected chi connectivity index (χ2v) is 6.17. The third kappa shape index (κ3) is 6.50. The lowest BCUT2D eigenvalue weighted by molar-refractivity contribution is -0.127. The maximum Gasteiger partial charge on any atom is 0.239 e. The van der Waals surface area contributed by atoms with E-state index in [1.54, 1.807) is 4.68 Å². The SMILES string of the molecule is CC(C)[C@H](N)C(=O)NCC(=O)NCCc1ccn(-c2ccccc2)n1.Cl. The molecule has 1 atom stereocenters. The summed E-state index contributed by atoms with van der Waals surface area (Å²) in [7, 11) is 0. The number of hydrogen-bond acceptors (Lipinski definition) is 4. The number of para-hydroxylation sites is 1. The van der Waals surface area contributed by atoms with Crippen LogP contribution < -0.4 is 16.4 Å². The molecule has 0 aliphatic heterocycles. The topological polar surface area (TPSA) is 102 Å². The van der Waals surface area contributed by atoms with Gasteiger partial charge in [0.25, 0.3) is 0 Å². The zero-order chi connectivity index (χ0) is 18.2. The number of hydrogen-bond donors (Lipinski definition) is 3. The number of amides is 2. The van der Waals surface area contributed by atoms with Gasteiger partial charge in [-0.25, -0.2) is 4.68 Å². The molecule has 0 unspecified atom stereocenters. The molecule has 0 spiro atoms. The summed E-state index contributed by atoms with van der Waals surface area (Å²) in [4.78, 5) is 23.5. The second kappa shape index (κ2) is 10.6. The molecule has 0 aliphatic rings. The van der Waals surface area contributed by atoms with E-state index >= 15 is 0 Å². The lowest BCUT2D eigenvalue weighted by Crippen LogP contribution is -2.47. The van der Waals surface area contributed by atoms with Crippen LogP contribution in [0.4, 0.5) is 0 Å². The molecule has 1 heterocycles. The van der Waals surface area contributed by atoms with E-state index in [4.69, 9.17) is 5.73 Å². The van der Waals surface area contributed by atoms with Crippen molar-refractivity contribution in [3.05, 3.63) is 48.3 Å². The molecule has 7 nitrogen and oxygen atoms in total. The predicted molar refractivity (Wildman–Crippen MR) is 103 cm³/mol. The Labute approximate surface area is 159 Å². The molecule has 0 fully saturated rings. The van der Waals surface area contributed by atoms with Gasteiger partial charge in [0.1, 0.15) is 0 Å². The monoisotopic (exact) mass is 379 g/mol. The summed E-state index contributed by atoms with van der Waals surface area (Å²) in [5.41, 5.74) is 7.59. The maximum atomic E-state index is 11.8. The number of carbonyl (C=O) groups excluding carboxylic acids is 2. The van der Waals surface area contributed by atoms with Gasteiger partial charge in [0.2, 0.25) is 11.8 Å². The smallest absolute Gasteiger partial charge is 0.239 e. The number of nitrogens with two attached hydrogens (primary N) is 1. The first-order chi connectivity index (χ1) is 12.0. The van der Waals surface area contributed by atoms with Crippen LogP contribution >= 0.6 is 12.4 Å². The van der Waals surface area contributed by atoms with Crippen LogP contribution in [0.1, 0.15) is 19.5 Å². The molecule has 4 N–H and O–H groups in total. The Morgan fingerprint density at radius 1 is 1.15 bits per heavy atom. The molecule has 0 saturated heterocycles. The van der Waals surface area contributed by atoms with Gasteiger partial charge < -0.3 is 16.4 Å². The fourth-order valence-corrected chi connectivity index (χ4v) is 2.20. The number of nitrogens with zero attached hydrogens (tertiary/aromatic N) is 2. The van der Waals surface area contributed by atoms with Crippen LogP contribution in [0.25, 0.3) is 5.69 Å². The van der Waals surface area contributed by atoms with Gasteiger partial charge >= 0.3 is 0 Å². The number of benzene rings is 1. The van der Waals surface area contributed by atoms with E-state index in [0.717, 1.165) is 11.4 Å². The Bertz CT molecular complexity index is 703. The van der Waals surface area contributed by atoms with Crippen LogP contribution in [0.3, 0.4) is 0 Å². The van der Waals surface area contributed by atoms with Gasteiger partial charge in [-0.05, 0) is 24.1 Å². The Morgan fingerprint density at radius 3 is 2.50 bits per heavy atom. The molecular weight excluding hydrogens is 354 g/mol. The highest BCUT2D eigenvalue weighted by molar-refractivity contribution is 5.87. The van der Waals surface area contributed by atoms with E-state index in [9.17, 15) is 9.59 Å². The first kappa shape index (κ1) is 21.7. The molecule has 8 heteroatoms. The highest BCUT2D eigenvalue weighted by Gasteiger charge is 2.17. The first-order valence-corrected chi connectivity index (χ1v) is 8.37. The molecule has 1 aromatic carbocycles. The molecule has 1 aromatic heterocycles. The minimum atomic E-state index is -0.602. The standard InChI is InChI=1S/C18H25N5O2.ClH/c1-13(2)17(19)18(25)21-12-16(24)20-10-8-14-9-11-23(22-14)15-6-4-3-5-7-15;/h3-7,9,11,13,17H,8,10,12,19H2,1-2H3,(H,20,24)(H,21,25);1H/t17-;/m0./s1. The molecule has 0 aliphatic carbocycles. The molecule has 0 saturated carbocycles. The van der Waals surface area contributed by atoms with Gasteiger partial charge in [0, 0.05) is 19.2 Å². The Balaban J connectivity index is 0.00000338. The number of carbonyl (C=O) groups is 2. The molecule has 142 valence electrons. The lowest BCUT2D eigenvalue weighted by Gasteiger charge is -2.15. The maximum absolute atomic E-state index is 11.8. The van der Waals surface area contributed by atoms with Gasteiger partial charge in [-0.1, -0.05) is 32.0 Å². The van der Waals surface area contributed by atoms with Gasteiger partial charge in [0.15, 0.2) is 0 Å². The zero-order valence-electron chi connectivity index (χ0n) is 15.0. The van der Waals surface area contributed by atoms with E-state index in [0.29, 0.717) is 13.0 Å². The lowest BCUT2D eigenvalue weighted by atomic mass is 10.1. The van der Waals surface area contributed by atoms with Crippen LogP contribution in [0.5, 0.6) is 0 Å². The third-order valence-electron chi connectivity index (χ3n) is 3.81. The number of aromatic nitrogens is 2. The summed E-state index contributed by atoms with van der Waals surface area (Å²) in [6, 6.07) is 11.1. The van der Waals surface area contributed by atoms with Gasteiger partial charge in [-0.3, -0.25) is 9.59 Å². The average Bonchev–Trinajstić information content (AvgIpc) is 3.08. The Kier molecular flexibility index (Phi) is 8.81. The van der Waals surface area contributed by atoms with Crippen molar-refractivity contribution >= 4 is 24.2 Å². The van der Waals surface area contributed by atoms with Crippen LogP contribution in [0.2, 0.25) is 0 Å². The van der Waals surface area contributed by atoms with Crippen LogP contribution in [0, 0.1) is 5.92 Å². The molecule has 0 bridgehead atoms. The van der Waals surface area contributed by atoms with Crippen LogP contribution in [-0.4, -0.2) is 40.7 Å². The van der Waals surface area contributed by atoms with Crippen molar-refractivity contribution in [3.8, 4) is 5.69 Å². The highest BCUT2D eigenvalue weighted by atomic mass is 35.5. The molecule has 26 heavy (non-hydrogen) atoms. The fraction of sp³-hybridized carbons (Fsp3) is 0.389. The van der Waals surface area contributed by atoms with Crippen molar-refractivity contribution in [3.63, 3.8) is 0 Å². The first-order valence-electron chi connectivity index (χ1n) is 8.37. The number of nitrogens with one attached hydrogen (secondary N) is 2. The Morgan fingerprint density at radius 2 is 1.85 bits per heavy atom. The average molecular weight is 380 g/mol. The number of halogens is 1. The van der Waals surface area contributed by atoms with Crippen molar-refractivity contribution in [1.82, 2.24) is 20.4 Å². The minimum absolute atomic E-state index is 0. The van der Waals surface area contributed by atoms with Gasteiger partial charge in [0.05, 0.1) is 24.0 Å². The second-order valence-electron chi connectivity index (χ2n) is 6.17. The summed E-state index contributed by atoms with van der Waals surface area (Å²) >= 11 is 0. The summed E-state index contributed by atoms with van der Waals surface area (Å²) in [6.07, 6.45) is 2.51. The molecule has 0 radical (unpaired) electrons. The minimum Gasteiger partial charge on any atom is -0.354 e. The van der Waals surface area contributed by atoms with Crippen LogP contribution in [-0.2, 0) is 16.0 Å². The van der Waals surface area contributed by atoms with E-state index in [1.165, 1.54) is 0 Å². The highest BCUT2D eigenvalue weighted by Crippen LogP contribution is 2.06.